The number of carboxylic acid groups (broad SMARTS) is 1. The van der Waals surface area contributed by atoms with E-state index in [2.05, 4.69) is 4.98 Å². The molecule has 6 nitrogen and oxygen atoms in total. The molecule has 3 atom stereocenters. The van der Waals surface area contributed by atoms with Crippen molar-refractivity contribution >= 4 is 23.6 Å². The Kier molecular flexibility index (Phi) is 3.46. The van der Waals surface area contributed by atoms with Crippen molar-refractivity contribution < 1.29 is 19.8 Å². The lowest BCUT2D eigenvalue weighted by Gasteiger charge is -2.44. The normalized spacial score (nSPS) is 25.6. The number of carboxylic acids is 1. The summed E-state index contributed by atoms with van der Waals surface area (Å²) in [6, 6.07) is 3.34. The average molecular weight is 306 g/mol. The predicted molar refractivity (Wildman–Crippen MR) is 75.2 cm³/mol. The quantitative estimate of drug-likeness (QED) is 0.809. The first-order valence-electron chi connectivity index (χ1n) is 6.56. The second-order valence-electron chi connectivity index (χ2n) is 5.11. The monoisotopic (exact) mass is 306 g/mol. The van der Waals surface area contributed by atoms with Gasteiger partial charge in [-0.15, -0.1) is 0 Å². The van der Waals surface area contributed by atoms with Gasteiger partial charge >= 0.3 is 5.97 Å². The second-order valence-corrected chi connectivity index (χ2v) is 6.28. The van der Waals surface area contributed by atoms with Crippen LogP contribution in [0.4, 0.5) is 0 Å². The number of β-lactam (4-membered cyclic amide) rings is 1. The summed E-state index contributed by atoms with van der Waals surface area (Å²) >= 11 is 1.33. The average Bonchev–Trinajstić information content (AvgIpc) is 2.74. The molecule has 0 aromatic carbocycles. The summed E-state index contributed by atoms with van der Waals surface area (Å²) in [6.07, 6.45) is 2.98. The van der Waals surface area contributed by atoms with E-state index in [1.807, 2.05) is 0 Å². The molecule has 1 aromatic heterocycles. The summed E-state index contributed by atoms with van der Waals surface area (Å²) in [5.74, 6) is -1.92. The van der Waals surface area contributed by atoms with Gasteiger partial charge in [-0.05, 0) is 19.1 Å². The van der Waals surface area contributed by atoms with Crippen LogP contribution in [0.25, 0.3) is 0 Å². The number of nitrogens with zero attached hydrogens (tertiary/aromatic N) is 2. The summed E-state index contributed by atoms with van der Waals surface area (Å²) in [6.45, 7) is 1.56. The van der Waals surface area contributed by atoms with Gasteiger partial charge in [0, 0.05) is 28.6 Å². The van der Waals surface area contributed by atoms with Gasteiger partial charge in [-0.25, -0.2) is 4.79 Å². The van der Waals surface area contributed by atoms with E-state index in [1.54, 1.807) is 31.5 Å². The van der Waals surface area contributed by atoms with E-state index in [0.29, 0.717) is 11.3 Å². The molecule has 0 saturated carbocycles. The van der Waals surface area contributed by atoms with Crippen LogP contribution in [0.1, 0.15) is 13.3 Å². The molecule has 2 aliphatic rings. The molecule has 110 valence electrons. The maximum absolute atomic E-state index is 12.0. The van der Waals surface area contributed by atoms with Gasteiger partial charge in [0.1, 0.15) is 5.70 Å². The zero-order chi connectivity index (χ0) is 15.1. The molecule has 0 aliphatic carbocycles. The third-order valence-electron chi connectivity index (χ3n) is 3.78. The lowest BCUT2D eigenvalue weighted by Crippen LogP contribution is -2.61. The fraction of sp³-hybridized carbons (Fsp3) is 0.357. The highest BCUT2D eigenvalue weighted by Crippen LogP contribution is 2.48. The minimum absolute atomic E-state index is 0.0451. The van der Waals surface area contributed by atoms with Crippen molar-refractivity contribution in [3.05, 3.63) is 35.1 Å². The number of aromatic nitrogens is 1. The van der Waals surface area contributed by atoms with E-state index >= 15 is 0 Å². The Bertz CT molecular complexity index is 629. The van der Waals surface area contributed by atoms with E-state index < -0.39 is 18.0 Å². The Hall–Kier alpha value is -1.86. The molecule has 3 rings (SSSR count). The summed E-state index contributed by atoms with van der Waals surface area (Å²) in [4.78, 5) is 30.3. The first-order valence-corrected chi connectivity index (χ1v) is 7.38. The van der Waals surface area contributed by atoms with E-state index in [4.69, 9.17) is 0 Å². The number of carbonyl (C=O) groups is 2. The van der Waals surface area contributed by atoms with Gasteiger partial charge in [-0.1, -0.05) is 11.8 Å². The second kappa shape index (κ2) is 5.16. The molecular formula is C14H14N2O4S. The van der Waals surface area contributed by atoms with Crippen LogP contribution in [0.2, 0.25) is 0 Å². The van der Waals surface area contributed by atoms with Crippen molar-refractivity contribution in [1.82, 2.24) is 9.88 Å². The number of aliphatic carboxylic acids is 1. The highest BCUT2D eigenvalue weighted by Gasteiger charge is 2.56. The number of rotatable bonds is 4. The van der Waals surface area contributed by atoms with Gasteiger partial charge in [0.2, 0.25) is 5.91 Å². The van der Waals surface area contributed by atoms with Crippen molar-refractivity contribution in [3.63, 3.8) is 0 Å². The Labute approximate surface area is 125 Å². The number of thioether (sulfide) groups is 1. The fourth-order valence-electron chi connectivity index (χ4n) is 2.87. The molecule has 0 bridgehead atoms. The molecule has 0 radical (unpaired) electrons. The molecule has 21 heavy (non-hydrogen) atoms. The van der Waals surface area contributed by atoms with Crippen LogP contribution < -0.4 is 0 Å². The maximum atomic E-state index is 12.0. The first kappa shape index (κ1) is 14.1. The Morgan fingerprint density at radius 3 is 2.71 bits per heavy atom. The number of aliphatic hydroxyl groups is 1. The van der Waals surface area contributed by atoms with Crippen LogP contribution in [0.3, 0.4) is 0 Å². The zero-order valence-electron chi connectivity index (χ0n) is 11.3. The van der Waals surface area contributed by atoms with Crippen LogP contribution in [0, 0.1) is 5.92 Å². The van der Waals surface area contributed by atoms with Crippen LogP contribution in [0.5, 0.6) is 0 Å². The van der Waals surface area contributed by atoms with Crippen molar-refractivity contribution in [1.29, 1.82) is 0 Å². The van der Waals surface area contributed by atoms with Gasteiger partial charge in [-0.3, -0.25) is 9.78 Å². The Balaban J connectivity index is 1.89. The Morgan fingerprint density at radius 1 is 1.48 bits per heavy atom. The summed E-state index contributed by atoms with van der Waals surface area (Å²) < 4.78 is 0. The molecule has 1 aromatic rings. The maximum Gasteiger partial charge on any atom is 0.353 e. The predicted octanol–water partition coefficient (Wildman–Crippen LogP) is 1.08. The Morgan fingerprint density at radius 2 is 2.14 bits per heavy atom. The standard InChI is InChI=1S/C14H14N2O4S/c1-7(17)11-9-6-10(21-8-2-4-15-5-3-8)12(14(19)20)16(9)13(11)18/h2-5,7,9,11,17H,6H2,1H3,(H,19,20)/t7-,9-,11-/m1/s1. The SMILES string of the molecule is C[C@@H](O)[C@H]1C(=O)N2C(C(=O)O)=C(Sc3ccncc3)C[C@H]12. The number of fused-ring (bicyclic) bond motifs is 1. The first-order chi connectivity index (χ1) is 10.0. The molecule has 1 saturated heterocycles. The largest absolute Gasteiger partial charge is 0.477 e. The van der Waals surface area contributed by atoms with Crippen LogP contribution in [-0.4, -0.2) is 44.1 Å². The van der Waals surface area contributed by atoms with E-state index in [9.17, 15) is 19.8 Å². The van der Waals surface area contributed by atoms with Gasteiger partial charge in [0.25, 0.3) is 0 Å². The molecule has 1 fully saturated rings. The lowest BCUT2D eigenvalue weighted by molar-refractivity contribution is -0.161. The van der Waals surface area contributed by atoms with Gasteiger partial charge in [0.15, 0.2) is 0 Å². The minimum Gasteiger partial charge on any atom is -0.477 e. The van der Waals surface area contributed by atoms with Crippen LogP contribution in [-0.2, 0) is 9.59 Å². The van der Waals surface area contributed by atoms with Crippen molar-refractivity contribution in [2.75, 3.05) is 0 Å². The van der Waals surface area contributed by atoms with Gasteiger partial charge in [-0.2, -0.15) is 0 Å². The zero-order valence-corrected chi connectivity index (χ0v) is 12.1. The molecule has 2 aliphatic heterocycles. The van der Waals surface area contributed by atoms with E-state index in [0.717, 1.165) is 4.90 Å². The van der Waals surface area contributed by atoms with Crippen molar-refractivity contribution in [2.45, 2.75) is 30.4 Å². The molecule has 1 amide bonds. The van der Waals surface area contributed by atoms with Crippen LogP contribution in [0.15, 0.2) is 40.0 Å². The highest BCUT2D eigenvalue weighted by molar-refractivity contribution is 8.03. The lowest BCUT2D eigenvalue weighted by atomic mass is 9.83. The molecule has 0 unspecified atom stereocenters. The third kappa shape index (κ3) is 2.22. The third-order valence-corrected chi connectivity index (χ3v) is 4.90. The molecule has 3 heterocycles. The van der Waals surface area contributed by atoms with Crippen molar-refractivity contribution in [2.24, 2.45) is 5.92 Å². The minimum atomic E-state index is -1.11. The van der Waals surface area contributed by atoms with Gasteiger partial charge < -0.3 is 15.1 Å². The van der Waals surface area contributed by atoms with Crippen molar-refractivity contribution in [3.8, 4) is 0 Å². The molecular weight excluding hydrogens is 292 g/mol. The molecule has 2 N–H and O–H groups in total. The topological polar surface area (TPSA) is 90.7 Å². The number of aliphatic hydroxyl groups excluding tert-OH is 1. The molecule has 7 heteroatoms. The van der Waals surface area contributed by atoms with Gasteiger partial charge in [0.05, 0.1) is 18.1 Å². The number of pyridine rings is 1. The molecule has 0 spiro atoms. The number of hydrogen-bond acceptors (Lipinski definition) is 5. The summed E-state index contributed by atoms with van der Waals surface area (Å²) in [5.41, 5.74) is 0.0451. The van der Waals surface area contributed by atoms with E-state index in [-0.39, 0.29) is 17.6 Å². The fourth-order valence-corrected chi connectivity index (χ4v) is 3.95. The number of carbonyl (C=O) groups excluding carboxylic acids is 1. The number of amides is 1. The van der Waals surface area contributed by atoms with Crippen LogP contribution >= 0.6 is 11.8 Å². The van der Waals surface area contributed by atoms with E-state index in [1.165, 1.54) is 16.7 Å². The summed E-state index contributed by atoms with van der Waals surface area (Å²) in [5, 5.41) is 19.0. The smallest absolute Gasteiger partial charge is 0.353 e. The number of hydrogen-bond donors (Lipinski definition) is 2. The highest BCUT2D eigenvalue weighted by atomic mass is 32.2. The summed E-state index contributed by atoms with van der Waals surface area (Å²) in [7, 11) is 0.